The van der Waals surface area contributed by atoms with E-state index in [1.54, 1.807) is 11.3 Å². The number of hydrogen-bond donors (Lipinski definition) is 1. The van der Waals surface area contributed by atoms with Crippen LogP contribution in [0.2, 0.25) is 0 Å². The number of anilines is 1. The maximum absolute atomic E-state index is 4.76. The average molecular weight is 283 g/mol. The molecule has 3 nitrogen and oxygen atoms in total. The zero-order valence-corrected chi connectivity index (χ0v) is 12.7. The molecule has 0 bridgehead atoms. The van der Waals surface area contributed by atoms with Crippen molar-refractivity contribution in [2.24, 2.45) is 0 Å². The fraction of sp³-hybridized carbons (Fsp3) is 0.250. The Labute approximate surface area is 122 Å². The smallest absolute Gasteiger partial charge is 0.172 e. The maximum atomic E-state index is 4.76. The zero-order valence-electron chi connectivity index (χ0n) is 11.9. The number of thiophene rings is 1. The topological polar surface area (TPSA) is 37.8 Å². The molecule has 0 unspecified atom stereocenters. The molecule has 2 heterocycles. The molecule has 4 heteroatoms. The van der Waals surface area contributed by atoms with E-state index >= 15 is 0 Å². The average Bonchev–Trinajstić information content (AvgIpc) is 2.94. The predicted molar refractivity (Wildman–Crippen MR) is 86.5 cm³/mol. The Morgan fingerprint density at radius 3 is 2.80 bits per heavy atom. The number of benzene rings is 1. The Morgan fingerprint density at radius 1 is 1.20 bits per heavy atom. The molecule has 0 aliphatic carbocycles. The zero-order chi connectivity index (χ0) is 14.1. The Morgan fingerprint density at radius 2 is 2.05 bits per heavy atom. The van der Waals surface area contributed by atoms with Gasteiger partial charge in [0.25, 0.3) is 0 Å². The van der Waals surface area contributed by atoms with Gasteiger partial charge in [-0.15, -0.1) is 11.3 Å². The van der Waals surface area contributed by atoms with E-state index in [2.05, 4.69) is 36.7 Å². The van der Waals surface area contributed by atoms with E-state index in [1.165, 1.54) is 16.0 Å². The summed E-state index contributed by atoms with van der Waals surface area (Å²) in [6.07, 6.45) is 1.00. The van der Waals surface area contributed by atoms with Crippen LogP contribution in [0.3, 0.4) is 0 Å². The van der Waals surface area contributed by atoms with Crippen molar-refractivity contribution in [2.75, 3.05) is 12.4 Å². The van der Waals surface area contributed by atoms with Crippen LogP contribution in [0.1, 0.15) is 18.1 Å². The minimum Gasteiger partial charge on any atom is -0.373 e. The van der Waals surface area contributed by atoms with Gasteiger partial charge in [0, 0.05) is 12.4 Å². The molecule has 0 saturated carbocycles. The summed E-state index contributed by atoms with van der Waals surface area (Å²) in [5.41, 5.74) is 3.50. The molecule has 3 aromatic rings. The van der Waals surface area contributed by atoms with Gasteiger partial charge in [-0.2, -0.15) is 0 Å². The predicted octanol–water partition coefficient (Wildman–Crippen LogP) is 4.27. The van der Waals surface area contributed by atoms with Crippen molar-refractivity contribution in [3.05, 3.63) is 40.8 Å². The van der Waals surface area contributed by atoms with Crippen molar-refractivity contribution in [1.82, 2.24) is 9.97 Å². The van der Waals surface area contributed by atoms with Gasteiger partial charge in [0.05, 0.1) is 10.4 Å². The second kappa shape index (κ2) is 5.21. The molecule has 1 aromatic carbocycles. The van der Waals surface area contributed by atoms with Gasteiger partial charge in [-0.3, -0.25) is 0 Å². The lowest BCUT2D eigenvalue weighted by atomic mass is 10.1. The molecule has 0 atom stereocenters. The number of nitrogens with one attached hydrogen (secondary N) is 1. The van der Waals surface area contributed by atoms with Gasteiger partial charge in [-0.05, 0) is 42.0 Å². The van der Waals surface area contributed by atoms with Crippen molar-refractivity contribution < 1.29 is 0 Å². The van der Waals surface area contributed by atoms with Crippen LogP contribution < -0.4 is 5.32 Å². The highest BCUT2D eigenvalue weighted by molar-refractivity contribution is 7.13. The molecule has 2 aromatic heterocycles. The highest BCUT2D eigenvalue weighted by atomic mass is 32.1. The molecule has 0 radical (unpaired) electrons. The second-order valence-electron chi connectivity index (χ2n) is 4.74. The van der Waals surface area contributed by atoms with Crippen molar-refractivity contribution in [1.29, 1.82) is 0 Å². The largest absolute Gasteiger partial charge is 0.373 e. The fourth-order valence-corrected chi connectivity index (χ4v) is 3.38. The monoisotopic (exact) mass is 283 g/mol. The third-order valence-electron chi connectivity index (χ3n) is 3.50. The van der Waals surface area contributed by atoms with Gasteiger partial charge in [-0.1, -0.05) is 19.1 Å². The van der Waals surface area contributed by atoms with Gasteiger partial charge in [-0.25, -0.2) is 9.97 Å². The summed E-state index contributed by atoms with van der Waals surface area (Å²) >= 11 is 1.71. The van der Waals surface area contributed by atoms with E-state index in [0.29, 0.717) is 0 Å². The van der Waals surface area contributed by atoms with Crippen LogP contribution in [0.15, 0.2) is 29.6 Å². The Bertz CT molecular complexity index is 762. The number of aryl methyl sites for hydroxylation is 2. The minimum atomic E-state index is 0.819. The summed E-state index contributed by atoms with van der Waals surface area (Å²) < 4.78 is 0. The van der Waals surface area contributed by atoms with Crippen LogP contribution in [0.4, 0.5) is 5.82 Å². The molecular formula is C16H17N3S. The first-order valence-corrected chi connectivity index (χ1v) is 7.64. The summed E-state index contributed by atoms with van der Waals surface area (Å²) in [5.74, 6) is 1.72. The van der Waals surface area contributed by atoms with Crippen LogP contribution in [-0.4, -0.2) is 17.0 Å². The van der Waals surface area contributed by atoms with Gasteiger partial charge < -0.3 is 5.32 Å². The third-order valence-corrected chi connectivity index (χ3v) is 4.45. The van der Waals surface area contributed by atoms with E-state index in [-0.39, 0.29) is 0 Å². The van der Waals surface area contributed by atoms with Crippen molar-refractivity contribution in [3.63, 3.8) is 0 Å². The molecule has 0 aliphatic heterocycles. The molecular weight excluding hydrogens is 266 g/mol. The number of aromatic nitrogens is 2. The van der Waals surface area contributed by atoms with E-state index in [0.717, 1.165) is 29.0 Å². The van der Waals surface area contributed by atoms with Crippen LogP contribution in [0.25, 0.3) is 21.6 Å². The molecule has 0 amide bonds. The van der Waals surface area contributed by atoms with Crippen LogP contribution in [0, 0.1) is 6.92 Å². The first-order chi connectivity index (χ1) is 9.74. The normalized spacial score (nSPS) is 10.9. The highest BCUT2D eigenvalue weighted by Gasteiger charge is 2.13. The van der Waals surface area contributed by atoms with Crippen LogP contribution >= 0.6 is 11.3 Å². The van der Waals surface area contributed by atoms with Gasteiger partial charge in [0.1, 0.15) is 5.82 Å². The van der Waals surface area contributed by atoms with Gasteiger partial charge in [0.2, 0.25) is 0 Å². The summed E-state index contributed by atoms with van der Waals surface area (Å²) in [4.78, 5) is 10.6. The Hall–Kier alpha value is -1.94. The first kappa shape index (κ1) is 13.1. The molecule has 0 saturated heterocycles. The lowest BCUT2D eigenvalue weighted by Gasteiger charge is -2.10. The molecule has 20 heavy (non-hydrogen) atoms. The van der Waals surface area contributed by atoms with Crippen molar-refractivity contribution in [2.45, 2.75) is 20.3 Å². The standard InChI is InChI=1S/C16H17N3S/c1-4-11-8-9-20-14(11)16-18-12-7-5-6-10(2)13(12)15(17-3)19-16/h5-9H,4H2,1-3H3,(H,17,18,19). The van der Waals surface area contributed by atoms with E-state index in [1.807, 2.05) is 19.2 Å². The summed E-state index contributed by atoms with van der Waals surface area (Å²) in [7, 11) is 1.91. The van der Waals surface area contributed by atoms with Gasteiger partial charge in [0.15, 0.2) is 5.82 Å². The summed E-state index contributed by atoms with van der Waals surface area (Å²) in [6.45, 7) is 4.25. The van der Waals surface area contributed by atoms with E-state index in [4.69, 9.17) is 9.97 Å². The SMILES string of the molecule is CCc1ccsc1-c1nc(NC)c2c(C)cccc2n1. The quantitative estimate of drug-likeness (QED) is 0.780. The third kappa shape index (κ3) is 2.06. The number of rotatable bonds is 3. The Balaban J connectivity index is 2.29. The maximum Gasteiger partial charge on any atom is 0.172 e. The number of nitrogens with zero attached hydrogens (tertiary/aromatic N) is 2. The summed E-state index contributed by atoms with van der Waals surface area (Å²) in [5, 5.41) is 6.42. The molecule has 0 aliphatic rings. The molecule has 0 fully saturated rings. The fourth-order valence-electron chi connectivity index (χ4n) is 2.45. The Kier molecular flexibility index (Phi) is 3.40. The highest BCUT2D eigenvalue weighted by Crippen LogP contribution is 2.31. The van der Waals surface area contributed by atoms with Crippen molar-refractivity contribution in [3.8, 4) is 10.7 Å². The molecule has 1 N–H and O–H groups in total. The minimum absolute atomic E-state index is 0.819. The lowest BCUT2D eigenvalue weighted by Crippen LogP contribution is -2.00. The van der Waals surface area contributed by atoms with Crippen molar-refractivity contribution >= 4 is 28.1 Å². The van der Waals surface area contributed by atoms with Crippen LogP contribution in [-0.2, 0) is 6.42 Å². The number of fused-ring (bicyclic) bond motifs is 1. The molecule has 3 rings (SSSR count). The summed E-state index contributed by atoms with van der Waals surface area (Å²) in [6, 6.07) is 8.34. The molecule has 0 spiro atoms. The van der Waals surface area contributed by atoms with E-state index < -0.39 is 0 Å². The second-order valence-corrected chi connectivity index (χ2v) is 5.66. The van der Waals surface area contributed by atoms with Gasteiger partial charge >= 0.3 is 0 Å². The lowest BCUT2D eigenvalue weighted by molar-refractivity contribution is 1.14. The van der Waals surface area contributed by atoms with E-state index in [9.17, 15) is 0 Å². The molecule has 102 valence electrons. The first-order valence-electron chi connectivity index (χ1n) is 6.76. The van der Waals surface area contributed by atoms with Crippen LogP contribution in [0.5, 0.6) is 0 Å². The number of hydrogen-bond acceptors (Lipinski definition) is 4.